The fourth-order valence-corrected chi connectivity index (χ4v) is 5.08. The van der Waals surface area contributed by atoms with Crippen LogP contribution >= 0.6 is 0 Å². The summed E-state index contributed by atoms with van der Waals surface area (Å²) >= 11 is 0. The van der Waals surface area contributed by atoms with Crippen LogP contribution in [-0.4, -0.2) is 28.8 Å². The van der Waals surface area contributed by atoms with Crippen LogP contribution < -0.4 is 10.6 Å². The second-order valence-electron chi connectivity index (χ2n) is 9.82. The maximum Gasteiger partial charge on any atom is 0.234 e. The largest absolute Gasteiger partial charge is 0.508 e. The number of aliphatic imine (C=N–C) groups is 1. The van der Waals surface area contributed by atoms with Gasteiger partial charge in [0, 0.05) is 29.9 Å². The number of rotatable bonds is 10. The van der Waals surface area contributed by atoms with Crippen molar-refractivity contribution in [3.05, 3.63) is 108 Å². The Morgan fingerprint density at radius 3 is 2.74 bits per heavy atom. The van der Waals surface area contributed by atoms with Gasteiger partial charge in [-0.1, -0.05) is 43.7 Å². The molecule has 6 nitrogen and oxygen atoms in total. The number of nitrogens with two attached hydrogens (primary N) is 1. The molecule has 3 aromatic rings. The molecule has 0 saturated carbocycles. The number of hydrogen-bond donors (Lipinski definition) is 2. The first-order chi connectivity index (χ1) is 18.5. The smallest absolute Gasteiger partial charge is 0.234 e. The van der Waals surface area contributed by atoms with Crippen molar-refractivity contribution >= 4 is 17.8 Å². The number of phenolic OH excluding ortho intramolecular Hbond substituents is 1. The molecule has 4 rings (SSSR count). The van der Waals surface area contributed by atoms with Gasteiger partial charge in [0.1, 0.15) is 11.7 Å². The number of aromatic nitrogens is 1. The molecule has 0 spiro atoms. The summed E-state index contributed by atoms with van der Waals surface area (Å²) in [7, 11) is 0. The summed E-state index contributed by atoms with van der Waals surface area (Å²) in [6.07, 6.45) is 9.40. The minimum absolute atomic E-state index is 0.0125. The molecule has 2 aromatic carbocycles. The zero-order valence-electron chi connectivity index (χ0n) is 22.1. The quantitative estimate of drug-likeness (QED) is 0.256. The first kappa shape index (κ1) is 27.0. The lowest BCUT2D eigenvalue weighted by Gasteiger charge is -2.31. The third kappa shape index (κ3) is 6.43. The molecular formula is C32H37N4O2+. The summed E-state index contributed by atoms with van der Waals surface area (Å²) in [6.45, 7) is 7.15. The lowest BCUT2D eigenvalue weighted by Crippen LogP contribution is -2.38. The van der Waals surface area contributed by atoms with Crippen LogP contribution in [0.25, 0.3) is 0 Å². The molecule has 6 heteroatoms. The van der Waals surface area contributed by atoms with Gasteiger partial charge in [0.2, 0.25) is 5.91 Å². The Kier molecular flexibility index (Phi) is 9.20. The van der Waals surface area contributed by atoms with Crippen LogP contribution in [0.2, 0.25) is 0 Å². The van der Waals surface area contributed by atoms with Gasteiger partial charge in [-0.2, -0.15) is 0 Å². The van der Waals surface area contributed by atoms with Crippen molar-refractivity contribution in [2.75, 3.05) is 11.4 Å². The number of anilines is 1. The first-order valence-electron chi connectivity index (χ1n) is 13.4. The molecule has 2 atom stereocenters. The summed E-state index contributed by atoms with van der Waals surface area (Å²) in [5.74, 6) is 0.124. The van der Waals surface area contributed by atoms with E-state index in [0.717, 1.165) is 65.7 Å². The molecule has 196 valence electrons. The van der Waals surface area contributed by atoms with Gasteiger partial charge in [-0.25, -0.2) is 0 Å². The van der Waals surface area contributed by atoms with Crippen LogP contribution in [-0.2, 0) is 17.8 Å². The van der Waals surface area contributed by atoms with Crippen LogP contribution in [0, 0.1) is 6.92 Å². The highest BCUT2D eigenvalue weighted by Crippen LogP contribution is 2.38. The molecule has 1 aliphatic carbocycles. The zero-order valence-corrected chi connectivity index (χ0v) is 22.1. The van der Waals surface area contributed by atoms with Crippen LogP contribution in [0.15, 0.2) is 83.6 Å². The number of nitrogens with zero attached hydrogens (tertiary/aromatic N) is 3. The number of fused-ring (bicyclic) bond motifs is 1. The molecule has 0 saturated heterocycles. The molecule has 1 amide bonds. The van der Waals surface area contributed by atoms with Gasteiger partial charge in [0.05, 0.1) is 31.6 Å². The van der Waals surface area contributed by atoms with Crippen LogP contribution in [0.5, 0.6) is 5.75 Å². The number of carbonyl (C=O) groups is 1. The molecule has 0 fully saturated rings. The normalized spacial score (nSPS) is 16.2. The third-order valence-electron chi connectivity index (χ3n) is 7.15. The molecule has 0 bridgehead atoms. The summed E-state index contributed by atoms with van der Waals surface area (Å²) in [5, 5.41) is 10.4. The number of pyridine rings is 1. The Morgan fingerprint density at radius 2 is 2.03 bits per heavy atom. The van der Waals surface area contributed by atoms with E-state index in [9.17, 15) is 9.90 Å². The van der Waals surface area contributed by atoms with Gasteiger partial charge in [0.25, 0.3) is 0 Å². The monoisotopic (exact) mass is 509 g/mol. The first-order valence-corrected chi connectivity index (χ1v) is 13.4. The van der Waals surface area contributed by atoms with Gasteiger partial charge in [0.15, 0.2) is 0 Å². The molecular weight excluding hydrogens is 472 g/mol. The highest BCUT2D eigenvalue weighted by molar-refractivity contribution is 6.00. The standard InChI is InChI=1S/C32H36N4O2/c1-3-8-23(2)25-14-16-27(17-15-25)36(22-24(19-33)20-34-21-26-9-4-5-18-35-26)32(38)30-12-6-11-29-28(30)10-7-13-31(29)37/h4-5,7,9-10,13-20,23,30H,2-3,6,8,11-12,21-22H2,1H3,(H2-,33,34,37)/p+1. The molecule has 3 N–H and O–H groups in total. The van der Waals surface area contributed by atoms with Gasteiger partial charge in [-0.15, -0.1) is 0 Å². The number of carbonyl (C=O) groups excluding carboxylic acids is 1. The highest BCUT2D eigenvalue weighted by atomic mass is 16.3. The average molecular weight is 510 g/mol. The highest BCUT2D eigenvalue weighted by Gasteiger charge is 2.32. The fourth-order valence-electron chi connectivity index (χ4n) is 5.08. The Balaban J connectivity index is 1.62. The predicted molar refractivity (Wildman–Crippen MR) is 154 cm³/mol. The molecule has 1 heterocycles. The molecule has 2 unspecified atom stereocenters. The number of benzene rings is 2. The Hall–Kier alpha value is -4.06. The van der Waals surface area contributed by atoms with E-state index in [1.807, 2.05) is 42.5 Å². The van der Waals surface area contributed by atoms with E-state index in [2.05, 4.69) is 36.0 Å². The summed E-state index contributed by atoms with van der Waals surface area (Å²) in [6, 6.07) is 19.3. The minimum Gasteiger partial charge on any atom is -0.508 e. The number of aromatic hydroxyl groups is 1. The second kappa shape index (κ2) is 13.0. The molecule has 1 aliphatic rings. The zero-order chi connectivity index (χ0) is 26.9. The fraction of sp³-hybridized carbons (Fsp3) is 0.312. The van der Waals surface area contributed by atoms with Crippen LogP contribution in [0.4, 0.5) is 5.69 Å². The second-order valence-corrected chi connectivity index (χ2v) is 9.82. The Bertz CT molecular complexity index is 1270. The van der Waals surface area contributed by atoms with Crippen molar-refractivity contribution in [3.8, 4) is 5.75 Å². The number of phenols is 1. The van der Waals surface area contributed by atoms with Crippen molar-refractivity contribution in [1.29, 1.82) is 0 Å². The van der Waals surface area contributed by atoms with E-state index < -0.39 is 0 Å². The van der Waals surface area contributed by atoms with Crippen molar-refractivity contribution in [3.63, 3.8) is 0 Å². The molecule has 1 aromatic heterocycles. The van der Waals surface area contributed by atoms with Gasteiger partial charge in [-0.3, -0.25) is 14.8 Å². The number of hydrogen-bond acceptors (Lipinski definition) is 5. The number of amides is 1. The maximum absolute atomic E-state index is 14.2. The van der Waals surface area contributed by atoms with E-state index in [-0.39, 0.29) is 30.0 Å². The molecule has 0 aliphatic heterocycles. The topological polar surface area (TPSA) is 91.8 Å². The Labute approximate surface area is 225 Å². The summed E-state index contributed by atoms with van der Waals surface area (Å²) in [4.78, 5) is 24.8. The van der Waals surface area contributed by atoms with Crippen molar-refractivity contribution < 1.29 is 9.90 Å². The Morgan fingerprint density at radius 1 is 1.21 bits per heavy atom. The lowest BCUT2D eigenvalue weighted by molar-refractivity contribution is -0.120. The lowest BCUT2D eigenvalue weighted by atomic mass is 9.81. The average Bonchev–Trinajstić information content (AvgIpc) is 2.95. The van der Waals surface area contributed by atoms with E-state index in [1.165, 1.54) is 6.20 Å². The van der Waals surface area contributed by atoms with Crippen LogP contribution in [0.1, 0.15) is 66.8 Å². The van der Waals surface area contributed by atoms with Crippen molar-refractivity contribution in [2.45, 2.75) is 57.4 Å². The SMILES string of the molecule is [CH2+]C(CCC)c1ccc(N(CC(C=NCc2ccccn2)=CN)C(=O)C2CCCc3c(O)cccc32)cc1. The third-order valence-corrected chi connectivity index (χ3v) is 7.15. The summed E-state index contributed by atoms with van der Waals surface area (Å²) < 4.78 is 0. The van der Waals surface area contributed by atoms with Crippen LogP contribution in [0.3, 0.4) is 0 Å². The van der Waals surface area contributed by atoms with Gasteiger partial charge < -0.3 is 15.7 Å². The van der Waals surface area contributed by atoms with E-state index in [1.54, 1.807) is 23.4 Å². The molecule has 38 heavy (non-hydrogen) atoms. The molecule has 0 radical (unpaired) electrons. The van der Waals surface area contributed by atoms with E-state index in [0.29, 0.717) is 6.54 Å². The van der Waals surface area contributed by atoms with Gasteiger partial charge >= 0.3 is 0 Å². The van der Waals surface area contributed by atoms with Gasteiger partial charge in [-0.05, 0) is 72.7 Å². The summed E-state index contributed by atoms with van der Waals surface area (Å²) in [5.41, 5.74) is 11.3. The predicted octanol–water partition coefficient (Wildman–Crippen LogP) is 6.07. The van der Waals surface area contributed by atoms with Crippen molar-refractivity contribution in [2.24, 2.45) is 10.7 Å². The van der Waals surface area contributed by atoms with E-state index in [4.69, 9.17) is 5.73 Å². The van der Waals surface area contributed by atoms with E-state index >= 15 is 0 Å². The minimum atomic E-state index is -0.337. The van der Waals surface area contributed by atoms with Crippen molar-refractivity contribution in [1.82, 2.24) is 4.98 Å². The maximum atomic E-state index is 14.2.